The fraction of sp³-hybridized carbons (Fsp3) is 0. The summed E-state index contributed by atoms with van der Waals surface area (Å²) >= 11 is 0. The maximum absolute atomic E-state index is 13.2. The molecule has 5 heteroatoms. The number of halogens is 1. The molecule has 1 amide bonds. The van der Waals surface area contributed by atoms with Gasteiger partial charge in [0.2, 0.25) is 0 Å². The van der Waals surface area contributed by atoms with Crippen LogP contribution >= 0.6 is 0 Å². The second-order valence-corrected chi connectivity index (χ2v) is 4.24. The van der Waals surface area contributed by atoms with Gasteiger partial charge < -0.3 is 5.32 Å². The van der Waals surface area contributed by atoms with E-state index in [1.54, 1.807) is 42.7 Å². The Morgan fingerprint density at radius 3 is 2.70 bits per heavy atom. The van der Waals surface area contributed by atoms with Gasteiger partial charge >= 0.3 is 0 Å². The summed E-state index contributed by atoms with van der Waals surface area (Å²) in [7, 11) is 0. The van der Waals surface area contributed by atoms with Crippen molar-refractivity contribution in [1.82, 2.24) is 10.3 Å². The highest BCUT2D eigenvalue weighted by Crippen LogP contribution is 2.15. The third kappa shape index (κ3) is 2.47. The Kier molecular flexibility index (Phi) is 3.09. The number of carbonyl (C=O) groups excluding carboxylic acids is 1. The lowest BCUT2D eigenvalue weighted by atomic mass is 10.2. The minimum absolute atomic E-state index is 0.287. The van der Waals surface area contributed by atoms with E-state index in [2.05, 4.69) is 15.3 Å². The smallest absolute Gasteiger partial charge is 0.275 e. The molecular weight excluding hydrogens is 257 g/mol. The third-order valence-electron chi connectivity index (χ3n) is 2.80. The highest BCUT2D eigenvalue weighted by atomic mass is 19.1. The topological polar surface area (TPSA) is 54.4 Å². The number of benzene rings is 1. The molecule has 0 radical (unpaired) electrons. The van der Waals surface area contributed by atoms with Crippen molar-refractivity contribution in [2.75, 3.05) is 0 Å². The zero-order valence-electron chi connectivity index (χ0n) is 10.4. The van der Waals surface area contributed by atoms with Crippen LogP contribution in [0.1, 0.15) is 11.1 Å². The van der Waals surface area contributed by atoms with Crippen LogP contribution in [0.4, 0.5) is 4.39 Å². The zero-order chi connectivity index (χ0) is 13.9. The number of rotatable bonds is 2. The molecule has 1 aliphatic heterocycles. The van der Waals surface area contributed by atoms with Crippen molar-refractivity contribution in [2.45, 2.75) is 0 Å². The van der Waals surface area contributed by atoms with Gasteiger partial charge in [-0.25, -0.2) is 9.38 Å². The quantitative estimate of drug-likeness (QED) is 0.847. The van der Waals surface area contributed by atoms with Crippen molar-refractivity contribution < 1.29 is 9.18 Å². The van der Waals surface area contributed by atoms with Crippen LogP contribution in [-0.4, -0.2) is 16.7 Å². The molecule has 1 aromatic carbocycles. The van der Waals surface area contributed by atoms with Crippen molar-refractivity contribution in [3.8, 4) is 0 Å². The maximum atomic E-state index is 13.2. The SMILES string of the molecule is O=C1NC(c2cccc(F)c2)=N/C1=C/c1ccncc1. The number of aliphatic imine (C=N–C) groups is 1. The number of nitrogens with one attached hydrogen (secondary N) is 1. The monoisotopic (exact) mass is 267 g/mol. The largest absolute Gasteiger partial charge is 0.305 e. The van der Waals surface area contributed by atoms with Gasteiger partial charge in [0.15, 0.2) is 0 Å². The molecule has 0 aliphatic carbocycles. The molecule has 0 atom stereocenters. The van der Waals surface area contributed by atoms with E-state index >= 15 is 0 Å². The van der Waals surface area contributed by atoms with Gasteiger partial charge in [-0.1, -0.05) is 12.1 Å². The predicted octanol–water partition coefficient (Wildman–Crippen LogP) is 2.14. The Balaban J connectivity index is 1.95. The molecule has 2 heterocycles. The Hall–Kier alpha value is -2.82. The summed E-state index contributed by atoms with van der Waals surface area (Å²) in [5, 5.41) is 2.63. The molecule has 4 nitrogen and oxygen atoms in total. The first-order valence-electron chi connectivity index (χ1n) is 6.00. The van der Waals surface area contributed by atoms with E-state index in [-0.39, 0.29) is 17.4 Å². The van der Waals surface area contributed by atoms with Crippen LogP contribution in [0.25, 0.3) is 6.08 Å². The molecule has 1 aromatic heterocycles. The molecule has 0 bridgehead atoms. The minimum atomic E-state index is -0.369. The first-order chi connectivity index (χ1) is 9.72. The van der Waals surface area contributed by atoms with Gasteiger partial charge in [-0.3, -0.25) is 9.78 Å². The van der Waals surface area contributed by atoms with Gasteiger partial charge in [0.05, 0.1) is 0 Å². The summed E-state index contributed by atoms with van der Waals surface area (Å²) in [5.74, 6) is -0.318. The van der Waals surface area contributed by atoms with Crippen molar-refractivity contribution in [3.05, 3.63) is 71.4 Å². The van der Waals surface area contributed by atoms with Crippen molar-refractivity contribution in [1.29, 1.82) is 0 Å². The van der Waals surface area contributed by atoms with Crippen LogP contribution in [0.5, 0.6) is 0 Å². The van der Waals surface area contributed by atoms with Crippen LogP contribution < -0.4 is 5.32 Å². The van der Waals surface area contributed by atoms with E-state index < -0.39 is 0 Å². The average molecular weight is 267 g/mol. The Bertz CT molecular complexity index is 723. The molecule has 3 rings (SSSR count). The molecule has 2 aromatic rings. The molecule has 0 fully saturated rings. The van der Waals surface area contributed by atoms with Crippen LogP contribution in [0, 0.1) is 5.82 Å². The van der Waals surface area contributed by atoms with Crippen LogP contribution in [0.3, 0.4) is 0 Å². The number of carbonyl (C=O) groups is 1. The number of hydrogen-bond acceptors (Lipinski definition) is 3. The molecule has 0 unspecified atom stereocenters. The number of nitrogens with zero attached hydrogens (tertiary/aromatic N) is 2. The molecule has 0 saturated heterocycles. The van der Waals surface area contributed by atoms with E-state index in [1.807, 2.05) is 0 Å². The highest BCUT2D eigenvalue weighted by molar-refractivity contribution is 6.19. The second kappa shape index (κ2) is 5.05. The Morgan fingerprint density at radius 1 is 1.15 bits per heavy atom. The zero-order valence-corrected chi connectivity index (χ0v) is 10.4. The average Bonchev–Trinajstić information content (AvgIpc) is 2.81. The van der Waals surface area contributed by atoms with Gasteiger partial charge in [0.25, 0.3) is 5.91 Å². The van der Waals surface area contributed by atoms with Crippen LogP contribution in [-0.2, 0) is 4.79 Å². The van der Waals surface area contributed by atoms with E-state index in [0.29, 0.717) is 11.4 Å². The number of hydrogen-bond donors (Lipinski definition) is 1. The minimum Gasteiger partial charge on any atom is -0.305 e. The lowest BCUT2D eigenvalue weighted by Gasteiger charge is -1.99. The van der Waals surface area contributed by atoms with Crippen LogP contribution in [0.2, 0.25) is 0 Å². The third-order valence-corrected chi connectivity index (χ3v) is 2.80. The molecular formula is C15H10FN3O. The van der Waals surface area contributed by atoms with Gasteiger partial charge in [0, 0.05) is 18.0 Å². The lowest BCUT2D eigenvalue weighted by Crippen LogP contribution is -2.24. The first kappa shape index (κ1) is 12.2. The number of aromatic nitrogens is 1. The molecule has 0 saturated carbocycles. The van der Waals surface area contributed by atoms with Crippen molar-refractivity contribution >= 4 is 17.8 Å². The van der Waals surface area contributed by atoms with Gasteiger partial charge in [-0.15, -0.1) is 0 Å². The summed E-state index contributed by atoms with van der Waals surface area (Å²) in [6, 6.07) is 9.48. The van der Waals surface area contributed by atoms with Gasteiger partial charge in [-0.05, 0) is 35.9 Å². The van der Waals surface area contributed by atoms with Gasteiger partial charge in [-0.2, -0.15) is 0 Å². The number of pyridine rings is 1. The summed E-state index contributed by atoms with van der Waals surface area (Å²) in [4.78, 5) is 20.0. The summed E-state index contributed by atoms with van der Waals surface area (Å²) < 4.78 is 13.2. The summed E-state index contributed by atoms with van der Waals surface area (Å²) in [6.45, 7) is 0. The first-order valence-corrected chi connectivity index (χ1v) is 6.00. The lowest BCUT2D eigenvalue weighted by molar-refractivity contribution is -0.115. The normalized spacial score (nSPS) is 16.1. The predicted molar refractivity (Wildman–Crippen MR) is 73.3 cm³/mol. The number of amidine groups is 1. The second-order valence-electron chi connectivity index (χ2n) is 4.24. The number of amides is 1. The standard InChI is InChI=1S/C15H10FN3O/c16-12-3-1-2-11(9-12)14-18-13(15(20)19-14)8-10-4-6-17-7-5-10/h1-9H,(H,18,19,20)/b13-8+. The molecule has 1 N–H and O–H groups in total. The summed E-state index contributed by atoms with van der Waals surface area (Å²) in [5.41, 5.74) is 1.65. The summed E-state index contributed by atoms with van der Waals surface area (Å²) in [6.07, 6.45) is 4.93. The molecule has 1 aliphatic rings. The Morgan fingerprint density at radius 2 is 1.95 bits per heavy atom. The van der Waals surface area contributed by atoms with Crippen LogP contribution in [0.15, 0.2) is 59.5 Å². The maximum Gasteiger partial charge on any atom is 0.275 e. The molecule has 0 spiro atoms. The van der Waals surface area contributed by atoms with E-state index in [1.165, 1.54) is 12.1 Å². The Labute approximate surface area is 114 Å². The van der Waals surface area contributed by atoms with E-state index in [4.69, 9.17) is 0 Å². The fourth-order valence-corrected chi connectivity index (χ4v) is 1.86. The van der Waals surface area contributed by atoms with E-state index in [0.717, 1.165) is 5.56 Å². The van der Waals surface area contributed by atoms with Crippen molar-refractivity contribution in [3.63, 3.8) is 0 Å². The molecule has 20 heavy (non-hydrogen) atoms. The van der Waals surface area contributed by atoms with Crippen molar-refractivity contribution in [2.24, 2.45) is 4.99 Å². The highest BCUT2D eigenvalue weighted by Gasteiger charge is 2.21. The van der Waals surface area contributed by atoms with Gasteiger partial charge in [0.1, 0.15) is 17.3 Å². The van der Waals surface area contributed by atoms with E-state index in [9.17, 15) is 9.18 Å². The fourth-order valence-electron chi connectivity index (χ4n) is 1.86. The molecule has 98 valence electrons.